The largest absolute Gasteiger partial charge is 0.293 e. The van der Waals surface area contributed by atoms with E-state index in [1.807, 2.05) is 6.07 Å². The maximum atomic E-state index is 14.1. The van der Waals surface area contributed by atoms with Crippen LogP contribution in [0.25, 0.3) is 16.7 Å². The third-order valence-electron chi connectivity index (χ3n) is 3.10. The minimum absolute atomic E-state index is 0.294. The molecule has 3 aromatic rings. The Labute approximate surface area is 125 Å². The lowest BCUT2D eigenvalue weighted by Crippen LogP contribution is -2.04. The Hall–Kier alpha value is -1.58. The number of alkyl halides is 1. The van der Waals surface area contributed by atoms with Gasteiger partial charge < -0.3 is 0 Å². The summed E-state index contributed by atoms with van der Waals surface area (Å²) in [5.74, 6) is 0.853. The minimum Gasteiger partial charge on any atom is -0.293 e. The monoisotopic (exact) mass is 308 g/mol. The summed E-state index contributed by atoms with van der Waals surface area (Å²) in [5.41, 5.74) is 2.03. The van der Waals surface area contributed by atoms with Gasteiger partial charge >= 0.3 is 0 Å². The molecule has 0 radical (unpaired) electrons. The summed E-state index contributed by atoms with van der Waals surface area (Å²) in [6.45, 7) is 0. The summed E-state index contributed by atoms with van der Waals surface area (Å²) >= 11 is 11.8. The molecule has 0 amide bonds. The normalized spacial score (nSPS) is 11.2. The van der Waals surface area contributed by atoms with Crippen LogP contribution in [-0.4, -0.2) is 15.4 Å². The van der Waals surface area contributed by atoms with Gasteiger partial charge in [0.25, 0.3) is 0 Å². The van der Waals surface area contributed by atoms with Crippen LogP contribution in [0.1, 0.15) is 5.82 Å². The fourth-order valence-corrected chi connectivity index (χ4v) is 2.59. The van der Waals surface area contributed by atoms with Crippen molar-refractivity contribution in [2.45, 2.75) is 6.42 Å². The number of rotatable bonds is 3. The Morgan fingerprint density at radius 2 is 1.95 bits per heavy atom. The van der Waals surface area contributed by atoms with Gasteiger partial charge in [-0.2, -0.15) is 0 Å². The predicted octanol–water partition coefficient (Wildman–Crippen LogP) is 4.60. The number of hydrogen-bond donors (Lipinski definition) is 0. The summed E-state index contributed by atoms with van der Waals surface area (Å²) in [5, 5.41) is 0.605. The first-order valence-corrected chi connectivity index (χ1v) is 7.09. The van der Waals surface area contributed by atoms with E-state index in [4.69, 9.17) is 23.2 Å². The highest BCUT2D eigenvalue weighted by Gasteiger charge is 2.14. The molecule has 2 aromatic carbocycles. The molecule has 0 atom stereocenters. The van der Waals surface area contributed by atoms with Gasteiger partial charge in [-0.05, 0) is 30.3 Å². The van der Waals surface area contributed by atoms with Crippen LogP contribution in [0, 0.1) is 5.82 Å². The molecule has 0 fully saturated rings. The number of hydrogen-bond acceptors (Lipinski definition) is 1. The summed E-state index contributed by atoms with van der Waals surface area (Å²) in [6, 6.07) is 12.0. The zero-order valence-corrected chi connectivity index (χ0v) is 12.0. The molecule has 0 spiro atoms. The molecule has 0 aliphatic carbocycles. The lowest BCUT2D eigenvalue weighted by Gasteiger charge is -2.09. The first kappa shape index (κ1) is 13.4. The van der Waals surface area contributed by atoms with Gasteiger partial charge in [0.1, 0.15) is 11.6 Å². The second kappa shape index (κ2) is 5.43. The van der Waals surface area contributed by atoms with Crippen LogP contribution < -0.4 is 0 Å². The molecule has 3 rings (SSSR count). The standard InChI is InChI=1S/C15H11Cl2FN2/c16-8-7-15-19-12-9-10(17)5-6-14(12)20(15)13-4-2-1-3-11(13)18/h1-6,9H,7-8H2. The second-order valence-corrected chi connectivity index (χ2v) is 5.20. The van der Waals surface area contributed by atoms with Crippen molar-refractivity contribution in [3.8, 4) is 5.69 Å². The Morgan fingerprint density at radius 1 is 1.15 bits per heavy atom. The average Bonchev–Trinajstić information content (AvgIpc) is 2.77. The lowest BCUT2D eigenvalue weighted by atomic mass is 10.2. The molecule has 0 N–H and O–H groups in total. The number of para-hydroxylation sites is 1. The van der Waals surface area contributed by atoms with Crippen LogP contribution in [0.2, 0.25) is 5.02 Å². The number of aryl methyl sites for hydroxylation is 1. The Morgan fingerprint density at radius 3 is 2.70 bits per heavy atom. The van der Waals surface area contributed by atoms with Gasteiger partial charge in [-0.25, -0.2) is 9.37 Å². The third kappa shape index (κ3) is 2.28. The van der Waals surface area contributed by atoms with Crippen molar-refractivity contribution in [2.75, 3.05) is 5.88 Å². The Bertz CT molecular complexity index is 768. The third-order valence-corrected chi connectivity index (χ3v) is 3.52. The van der Waals surface area contributed by atoms with Gasteiger partial charge in [-0.15, -0.1) is 11.6 Å². The summed E-state index contributed by atoms with van der Waals surface area (Å²) in [6.07, 6.45) is 0.558. The zero-order valence-electron chi connectivity index (χ0n) is 10.5. The number of benzene rings is 2. The van der Waals surface area contributed by atoms with Crippen LogP contribution in [0.5, 0.6) is 0 Å². The number of fused-ring (bicyclic) bond motifs is 1. The molecule has 0 unspecified atom stereocenters. The van der Waals surface area contributed by atoms with Crippen molar-refractivity contribution in [1.29, 1.82) is 0 Å². The second-order valence-electron chi connectivity index (χ2n) is 4.39. The van der Waals surface area contributed by atoms with Crippen LogP contribution >= 0.6 is 23.2 Å². The minimum atomic E-state index is -0.294. The van der Waals surface area contributed by atoms with E-state index in [1.165, 1.54) is 6.07 Å². The maximum Gasteiger partial charge on any atom is 0.147 e. The highest BCUT2D eigenvalue weighted by Crippen LogP contribution is 2.26. The Balaban J connectivity index is 2.32. The van der Waals surface area contributed by atoms with Crippen molar-refractivity contribution < 1.29 is 4.39 Å². The first-order chi connectivity index (χ1) is 9.70. The van der Waals surface area contributed by atoms with E-state index in [0.717, 1.165) is 16.9 Å². The molecule has 0 aliphatic rings. The van der Waals surface area contributed by atoms with E-state index >= 15 is 0 Å². The molecule has 102 valence electrons. The molecule has 1 aromatic heterocycles. The maximum absolute atomic E-state index is 14.1. The van der Waals surface area contributed by atoms with Crippen molar-refractivity contribution in [2.24, 2.45) is 0 Å². The molecule has 0 saturated carbocycles. The number of halogens is 3. The molecular formula is C15H11Cl2FN2. The van der Waals surface area contributed by atoms with Gasteiger partial charge in [0, 0.05) is 17.3 Å². The molecular weight excluding hydrogens is 298 g/mol. The van der Waals surface area contributed by atoms with Crippen molar-refractivity contribution in [3.63, 3.8) is 0 Å². The summed E-state index contributed by atoms with van der Waals surface area (Å²) in [4.78, 5) is 4.51. The quantitative estimate of drug-likeness (QED) is 0.647. The van der Waals surface area contributed by atoms with Gasteiger partial charge in [0.15, 0.2) is 0 Å². The van der Waals surface area contributed by atoms with E-state index in [-0.39, 0.29) is 5.82 Å². The SMILES string of the molecule is Fc1ccccc1-n1c(CCCl)nc2cc(Cl)ccc21. The summed E-state index contributed by atoms with van der Waals surface area (Å²) < 4.78 is 15.9. The predicted molar refractivity (Wildman–Crippen MR) is 80.5 cm³/mol. The van der Waals surface area contributed by atoms with E-state index < -0.39 is 0 Å². The van der Waals surface area contributed by atoms with Gasteiger partial charge in [0.2, 0.25) is 0 Å². The Kier molecular flexibility index (Phi) is 3.64. The molecule has 1 heterocycles. The van der Waals surface area contributed by atoms with Crippen molar-refractivity contribution >= 4 is 34.2 Å². The first-order valence-electron chi connectivity index (χ1n) is 6.18. The van der Waals surface area contributed by atoms with E-state index in [0.29, 0.717) is 23.0 Å². The fraction of sp³-hybridized carbons (Fsp3) is 0.133. The van der Waals surface area contributed by atoms with Gasteiger partial charge in [-0.1, -0.05) is 23.7 Å². The molecule has 0 saturated heterocycles. The van der Waals surface area contributed by atoms with Crippen LogP contribution in [-0.2, 0) is 6.42 Å². The van der Waals surface area contributed by atoms with E-state index in [1.54, 1.807) is 34.9 Å². The number of imidazole rings is 1. The molecule has 2 nitrogen and oxygen atoms in total. The highest BCUT2D eigenvalue weighted by atomic mass is 35.5. The average molecular weight is 309 g/mol. The fourth-order valence-electron chi connectivity index (χ4n) is 2.26. The number of nitrogens with zero attached hydrogens (tertiary/aromatic N) is 2. The summed E-state index contributed by atoms with van der Waals surface area (Å²) in [7, 11) is 0. The highest BCUT2D eigenvalue weighted by molar-refractivity contribution is 6.31. The smallest absolute Gasteiger partial charge is 0.147 e. The van der Waals surface area contributed by atoms with Crippen molar-refractivity contribution in [3.05, 3.63) is 59.1 Å². The number of aromatic nitrogens is 2. The van der Waals surface area contributed by atoms with E-state index in [2.05, 4.69) is 4.98 Å². The molecule has 0 bridgehead atoms. The van der Waals surface area contributed by atoms with Gasteiger partial charge in [0.05, 0.1) is 16.7 Å². The van der Waals surface area contributed by atoms with Crippen LogP contribution in [0.4, 0.5) is 4.39 Å². The van der Waals surface area contributed by atoms with Crippen LogP contribution in [0.3, 0.4) is 0 Å². The lowest BCUT2D eigenvalue weighted by molar-refractivity contribution is 0.617. The van der Waals surface area contributed by atoms with Crippen LogP contribution in [0.15, 0.2) is 42.5 Å². The van der Waals surface area contributed by atoms with Crippen molar-refractivity contribution in [1.82, 2.24) is 9.55 Å². The molecule has 0 aliphatic heterocycles. The topological polar surface area (TPSA) is 17.8 Å². The van der Waals surface area contributed by atoms with E-state index in [9.17, 15) is 4.39 Å². The zero-order chi connectivity index (χ0) is 14.1. The molecule has 5 heteroatoms. The molecule has 20 heavy (non-hydrogen) atoms. The van der Waals surface area contributed by atoms with Gasteiger partial charge in [-0.3, -0.25) is 4.57 Å².